The van der Waals surface area contributed by atoms with E-state index in [1.165, 1.54) is 24.3 Å². The molecule has 0 aliphatic heterocycles. The van der Waals surface area contributed by atoms with Gasteiger partial charge in [0.15, 0.2) is 0 Å². The third-order valence-corrected chi connectivity index (χ3v) is 3.08. The quantitative estimate of drug-likeness (QED) is 0.819. The smallest absolute Gasteiger partial charge is 0.266 e. The minimum atomic E-state index is -0.904. The summed E-state index contributed by atoms with van der Waals surface area (Å²) in [6.07, 6.45) is -1.28. The van der Waals surface area contributed by atoms with Gasteiger partial charge in [0, 0.05) is 5.02 Å². The van der Waals surface area contributed by atoms with Crippen LogP contribution in [-0.4, -0.2) is 17.5 Å². The van der Waals surface area contributed by atoms with Crippen molar-refractivity contribution in [2.75, 3.05) is 0 Å². The Hall–Kier alpha value is -1.78. The molecule has 0 heterocycles. The highest BCUT2D eigenvalue weighted by molar-refractivity contribution is 6.30. The van der Waals surface area contributed by atoms with E-state index in [-0.39, 0.29) is 5.82 Å². The molecule has 0 fully saturated rings. The fraction of sp³-hybridized carbons (Fsp3) is 0.250. The number of ether oxygens (including phenoxy) is 2. The molecule has 2 aromatic carbocycles. The molecule has 5 heteroatoms. The molecule has 0 saturated carbocycles. The van der Waals surface area contributed by atoms with Crippen molar-refractivity contribution in [2.24, 2.45) is 0 Å². The molecule has 2 unspecified atom stereocenters. The second-order valence-electron chi connectivity index (χ2n) is 4.49. The van der Waals surface area contributed by atoms with Crippen LogP contribution in [0.25, 0.3) is 0 Å². The van der Waals surface area contributed by atoms with Gasteiger partial charge in [0.05, 0.1) is 0 Å². The highest BCUT2D eigenvalue weighted by Gasteiger charge is 2.21. The van der Waals surface area contributed by atoms with Crippen LogP contribution in [0, 0.1) is 5.82 Å². The van der Waals surface area contributed by atoms with E-state index in [0.717, 1.165) is 0 Å². The van der Waals surface area contributed by atoms with E-state index in [4.69, 9.17) is 21.1 Å². The highest BCUT2D eigenvalue weighted by Crippen LogP contribution is 2.22. The van der Waals surface area contributed by atoms with Crippen molar-refractivity contribution in [3.05, 3.63) is 59.4 Å². The first-order valence-corrected chi connectivity index (χ1v) is 6.99. The first-order chi connectivity index (χ1) is 10.1. The van der Waals surface area contributed by atoms with Crippen LogP contribution < -0.4 is 9.47 Å². The van der Waals surface area contributed by atoms with Crippen LogP contribution in [0.1, 0.15) is 13.3 Å². The Morgan fingerprint density at radius 1 is 1.10 bits per heavy atom. The van der Waals surface area contributed by atoms with E-state index >= 15 is 0 Å². The molecule has 3 nitrogen and oxygen atoms in total. The molecule has 0 aliphatic carbocycles. The number of halogens is 2. The Morgan fingerprint density at radius 2 is 1.76 bits per heavy atom. The molecule has 2 rings (SSSR count). The lowest BCUT2D eigenvalue weighted by Crippen LogP contribution is -2.36. The molecule has 112 valence electrons. The lowest BCUT2D eigenvalue weighted by Gasteiger charge is -2.24. The summed E-state index contributed by atoms with van der Waals surface area (Å²) in [6, 6.07) is 12.3. The summed E-state index contributed by atoms with van der Waals surface area (Å²) in [5.41, 5.74) is 0. The van der Waals surface area contributed by atoms with E-state index < -0.39 is 12.4 Å². The summed E-state index contributed by atoms with van der Waals surface area (Å²) in [4.78, 5) is 0. The summed E-state index contributed by atoms with van der Waals surface area (Å²) < 4.78 is 24.1. The van der Waals surface area contributed by atoms with Crippen molar-refractivity contribution in [1.29, 1.82) is 0 Å². The Bertz CT molecular complexity index is 574. The molecule has 0 aromatic heterocycles. The van der Waals surface area contributed by atoms with E-state index in [1.54, 1.807) is 24.3 Å². The number of rotatable bonds is 6. The van der Waals surface area contributed by atoms with Crippen molar-refractivity contribution in [1.82, 2.24) is 0 Å². The van der Waals surface area contributed by atoms with Crippen LogP contribution in [0.5, 0.6) is 11.5 Å². The Balaban J connectivity index is 2.12. The predicted octanol–water partition coefficient (Wildman–Crippen LogP) is 4.03. The van der Waals surface area contributed by atoms with Gasteiger partial charge in [0.1, 0.15) is 23.4 Å². The van der Waals surface area contributed by atoms with Gasteiger partial charge in [-0.3, -0.25) is 0 Å². The van der Waals surface area contributed by atoms with Gasteiger partial charge in [0.2, 0.25) is 0 Å². The molecular weight excluding hydrogens is 295 g/mol. The van der Waals surface area contributed by atoms with Crippen molar-refractivity contribution in [2.45, 2.75) is 25.7 Å². The van der Waals surface area contributed by atoms with Crippen molar-refractivity contribution in [3.63, 3.8) is 0 Å². The molecule has 0 spiro atoms. The number of hydrogen-bond acceptors (Lipinski definition) is 3. The lowest BCUT2D eigenvalue weighted by molar-refractivity contribution is -0.0864. The summed E-state index contributed by atoms with van der Waals surface area (Å²) >= 11 is 5.89. The summed E-state index contributed by atoms with van der Waals surface area (Å²) in [6.45, 7) is 1.81. The third kappa shape index (κ3) is 4.62. The van der Waals surface area contributed by atoms with Crippen molar-refractivity contribution >= 4 is 11.6 Å². The predicted molar refractivity (Wildman–Crippen MR) is 79.2 cm³/mol. The summed E-state index contributed by atoms with van der Waals surface area (Å²) in [7, 11) is 0. The van der Waals surface area contributed by atoms with E-state index in [0.29, 0.717) is 22.9 Å². The number of hydrogen-bond donors (Lipinski definition) is 1. The fourth-order valence-electron chi connectivity index (χ4n) is 1.70. The van der Waals surface area contributed by atoms with Gasteiger partial charge in [-0.05, 0) is 48.9 Å². The fourth-order valence-corrected chi connectivity index (χ4v) is 1.88. The number of aliphatic hydroxyl groups is 1. The van der Waals surface area contributed by atoms with Crippen molar-refractivity contribution in [3.8, 4) is 11.5 Å². The summed E-state index contributed by atoms with van der Waals surface area (Å²) in [5, 5.41) is 10.5. The molecule has 0 aliphatic rings. The average Bonchev–Trinajstić information content (AvgIpc) is 2.48. The second-order valence-corrected chi connectivity index (χ2v) is 4.93. The van der Waals surface area contributed by atoms with E-state index in [9.17, 15) is 9.50 Å². The third-order valence-electron chi connectivity index (χ3n) is 2.85. The Labute approximate surface area is 127 Å². The van der Waals surface area contributed by atoms with Gasteiger partial charge >= 0.3 is 0 Å². The molecule has 21 heavy (non-hydrogen) atoms. The van der Waals surface area contributed by atoms with Crippen LogP contribution in [0.2, 0.25) is 5.02 Å². The zero-order valence-corrected chi connectivity index (χ0v) is 12.3. The van der Waals surface area contributed by atoms with Crippen LogP contribution in [0.15, 0.2) is 48.5 Å². The first-order valence-electron chi connectivity index (χ1n) is 6.61. The van der Waals surface area contributed by atoms with Crippen LogP contribution >= 0.6 is 11.6 Å². The monoisotopic (exact) mass is 310 g/mol. The SMILES string of the molecule is CCC(O)C(Oc1ccc(F)cc1)Oc1cccc(Cl)c1. The molecule has 0 amide bonds. The molecule has 2 aromatic rings. The number of benzene rings is 2. The molecule has 0 bridgehead atoms. The maximum atomic E-state index is 12.9. The molecule has 1 N–H and O–H groups in total. The van der Waals surface area contributed by atoms with Crippen LogP contribution in [-0.2, 0) is 0 Å². The van der Waals surface area contributed by atoms with Gasteiger partial charge in [-0.15, -0.1) is 0 Å². The van der Waals surface area contributed by atoms with Crippen molar-refractivity contribution < 1.29 is 19.0 Å². The average molecular weight is 311 g/mol. The molecule has 0 radical (unpaired) electrons. The van der Waals surface area contributed by atoms with Gasteiger partial charge < -0.3 is 14.6 Å². The largest absolute Gasteiger partial charge is 0.452 e. The minimum absolute atomic E-state index is 0.356. The first kappa shape index (κ1) is 15.6. The topological polar surface area (TPSA) is 38.7 Å². The van der Waals surface area contributed by atoms with Gasteiger partial charge in [-0.1, -0.05) is 24.6 Å². The minimum Gasteiger partial charge on any atom is -0.452 e. The molecular formula is C16H16ClFO3. The lowest BCUT2D eigenvalue weighted by atomic mass is 10.2. The molecule has 0 saturated heterocycles. The van der Waals surface area contributed by atoms with E-state index in [1.807, 2.05) is 6.92 Å². The Kier molecular flexibility index (Phi) is 5.42. The zero-order chi connectivity index (χ0) is 15.2. The zero-order valence-electron chi connectivity index (χ0n) is 11.5. The van der Waals surface area contributed by atoms with Gasteiger partial charge in [-0.2, -0.15) is 0 Å². The normalized spacial score (nSPS) is 13.5. The van der Waals surface area contributed by atoms with Crippen LogP contribution in [0.4, 0.5) is 4.39 Å². The maximum Gasteiger partial charge on any atom is 0.266 e. The Morgan fingerprint density at radius 3 is 2.38 bits per heavy atom. The number of aliphatic hydroxyl groups excluding tert-OH is 1. The van der Waals surface area contributed by atoms with Crippen LogP contribution in [0.3, 0.4) is 0 Å². The molecule has 2 atom stereocenters. The highest BCUT2D eigenvalue weighted by atomic mass is 35.5. The summed E-state index contributed by atoms with van der Waals surface area (Å²) in [5.74, 6) is 0.545. The van der Waals surface area contributed by atoms with E-state index in [2.05, 4.69) is 0 Å². The second kappa shape index (κ2) is 7.29. The standard InChI is InChI=1S/C16H16ClFO3/c1-2-15(19)16(20-13-8-6-12(18)7-9-13)21-14-5-3-4-11(17)10-14/h3-10,15-16,19H,2H2,1H3. The van der Waals surface area contributed by atoms with Gasteiger partial charge in [0.25, 0.3) is 6.29 Å². The van der Waals surface area contributed by atoms with Gasteiger partial charge in [-0.25, -0.2) is 4.39 Å². The maximum absolute atomic E-state index is 12.9.